The lowest BCUT2D eigenvalue weighted by atomic mass is 10.0. The third-order valence-electron chi connectivity index (χ3n) is 5.79. The van der Waals surface area contributed by atoms with Crippen LogP contribution in [0.25, 0.3) is 11.1 Å². The number of piperazine rings is 1. The molecule has 2 heterocycles. The van der Waals surface area contributed by atoms with E-state index in [1.54, 1.807) is 24.4 Å². The van der Waals surface area contributed by atoms with Gasteiger partial charge in [0, 0.05) is 49.7 Å². The maximum atomic E-state index is 11.0. The molecule has 3 aromatic rings. The van der Waals surface area contributed by atoms with Crippen molar-refractivity contribution in [1.82, 2.24) is 9.88 Å². The van der Waals surface area contributed by atoms with Gasteiger partial charge in [-0.25, -0.2) is 4.79 Å². The summed E-state index contributed by atoms with van der Waals surface area (Å²) in [5, 5.41) is 18.7. The molecule has 0 aliphatic carbocycles. The summed E-state index contributed by atoms with van der Waals surface area (Å²) in [6.07, 6.45) is 3.18. The standard InChI is InChI=1S/C24H25N3O3/c1-17(18-2-4-19(5-3-18)21-14-23(28)16-25-15-21)26-10-12-27(13-11-26)22-8-6-20(7-9-22)24(29)30/h2-9,14-17,28H,10-13H2,1H3,(H,29,30). The van der Waals surface area contributed by atoms with Crippen molar-refractivity contribution in [2.45, 2.75) is 13.0 Å². The van der Waals surface area contributed by atoms with Crippen molar-refractivity contribution >= 4 is 11.7 Å². The van der Waals surface area contributed by atoms with Crippen molar-refractivity contribution in [3.05, 3.63) is 78.1 Å². The smallest absolute Gasteiger partial charge is 0.335 e. The molecule has 0 amide bonds. The molecular weight excluding hydrogens is 378 g/mol. The Balaban J connectivity index is 1.38. The molecule has 2 N–H and O–H groups in total. The Morgan fingerprint density at radius 1 is 0.933 bits per heavy atom. The van der Waals surface area contributed by atoms with Crippen molar-refractivity contribution in [3.8, 4) is 16.9 Å². The fourth-order valence-corrected chi connectivity index (χ4v) is 3.93. The van der Waals surface area contributed by atoms with Crippen LogP contribution < -0.4 is 4.90 Å². The monoisotopic (exact) mass is 403 g/mol. The minimum absolute atomic E-state index is 0.167. The summed E-state index contributed by atoms with van der Waals surface area (Å²) in [6, 6.07) is 17.5. The maximum Gasteiger partial charge on any atom is 0.335 e. The first-order valence-corrected chi connectivity index (χ1v) is 10.1. The molecule has 154 valence electrons. The third-order valence-corrected chi connectivity index (χ3v) is 5.79. The lowest BCUT2D eigenvalue weighted by molar-refractivity contribution is 0.0697. The summed E-state index contributed by atoms with van der Waals surface area (Å²) >= 11 is 0. The van der Waals surface area contributed by atoms with Crippen molar-refractivity contribution in [2.24, 2.45) is 0 Å². The molecule has 30 heavy (non-hydrogen) atoms. The molecule has 1 aliphatic rings. The molecule has 0 saturated carbocycles. The van der Waals surface area contributed by atoms with E-state index in [2.05, 4.69) is 46.0 Å². The number of carboxylic acid groups (broad SMARTS) is 1. The Morgan fingerprint density at radius 3 is 2.20 bits per heavy atom. The molecule has 1 fully saturated rings. The van der Waals surface area contributed by atoms with Crippen LogP contribution in [0.15, 0.2) is 67.0 Å². The van der Waals surface area contributed by atoms with E-state index < -0.39 is 5.97 Å². The number of pyridine rings is 1. The van der Waals surface area contributed by atoms with Gasteiger partial charge in [-0.15, -0.1) is 0 Å². The van der Waals surface area contributed by atoms with Gasteiger partial charge < -0.3 is 15.1 Å². The van der Waals surface area contributed by atoms with Crippen LogP contribution in [-0.4, -0.2) is 52.2 Å². The Hall–Kier alpha value is -3.38. The topological polar surface area (TPSA) is 76.9 Å². The maximum absolute atomic E-state index is 11.0. The normalized spacial score (nSPS) is 15.7. The Bertz CT molecular complexity index is 1010. The molecule has 0 bridgehead atoms. The zero-order chi connectivity index (χ0) is 21.1. The quantitative estimate of drug-likeness (QED) is 0.670. The highest BCUT2D eigenvalue weighted by Crippen LogP contribution is 2.27. The lowest BCUT2D eigenvalue weighted by Gasteiger charge is -2.39. The number of benzene rings is 2. The first-order chi connectivity index (χ1) is 14.5. The zero-order valence-electron chi connectivity index (χ0n) is 16.9. The van der Waals surface area contributed by atoms with Gasteiger partial charge in [-0.1, -0.05) is 24.3 Å². The minimum atomic E-state index is -0.897. The zero-order valence-corrected chi connectivity index (χ0v) is 16.9. The molecule has 1 aliphatic heterocycles. The van der Waals surface area contributed by atoms with Gasteiger partial charge in [0.25, 0.3) is 0 Å². The van der Waals surface area contributed by atoms with Gasteiger partial charge in [0.05, 0.1) is 11.8 Å². The van der Waals surface area contributed by atoms with Crippen molar-refractivity contribution in [1.29, 1.82) is 0 Å². The first-order valence-electron chi connectivity index (χ1n) is 10.1. The van der Waals surface area contributed by atoms with E-state index in [9.17, 15) is 9.90 Å². The fourth-order valence-electron chi connectivity index (χ4n) is 3.93. The molecule has 0 radical (unpaired) electrons. The Kier molecular flexibility index (Phi) is 5.68. The summed E-state index contributed by atoms with van der Waals surface area (Å²) in [7, 11) is 0. The molecule has 1 unspecified atom stereocenters. The van der Waals surface area contributed by atoms with Crippen molar-refractivity contribution in [3.63, 3.8) is 0 Å². The molecule has 1 atom stereocenters. The molecular formula is C24H25N3O3. The van der Waals surface area contributed by atoms with Gasteiger partial charge in [-0.3, -0.25) is 9.88 Å². The van der Waals surface area contributed by atoms with E-state index in [1.165, 1.54) is 11.8 Å². The second-order valence-electron chi connectivity index (χ2n) is 7.60. The van der Waals surface area contributed by atoms with E-state index in [0.29, 0.717) is 11.6 Å². The summed E-state index contributed by atoms with van der Waals surface area (Å²) < 4.78 is 0. The number of hydrogen-bond donors (Lipinski definition) is 2. The van der Waals surface area contributed by atoms with Crippen LogP contribution in [0, 0.1) is 0 Å². The predicted molar refractivity (Wildman–Crippen MR) is 117 cm³/mol. The van der Waals surface area contributed by atoms with E-state index in [4.69, 9.17) is 5.11 Å². The van der Waals surface area contributed by atoms with Crippen LogP contribution in [0.1, 0.15) is 28.9 Å². The van der Waals surface area contributed by atoms with Crippen LogP contribution in [0.4, 0.5) is 5.69 Å². The summed E-state index contributed by atoms with van der Waals surface area (Å²) in [5.74, 6) is -0.730. The summed E-state index contributed by atoms with van der Waals surface area (Å²) in [5.41, 5.74) is 4.57. The van der Waals surface area contributed by atoms with E-state index in [-0.39, 0.29) is 5.75 Å². The number of rotatable bonds is 5. The van der Waals surface area contributed by atoms with Gasteiger partial charge in [0.15, 0.2) is 0 Å². The van der Waals surface area contributed by atoms with Gasteiger partial charge in [0.2, 0.25) is 0 Å². The van der Waals surface area contributed by atoms with Crippen LogP contribution in [0.3, 0.4) is 0 Å². The van der Waals surface area contributed by atoms with Crippen LogP contribution in [0.5, 0.6) is 5.75 Å². The van der Waals surface area contributed by atoms with Crippen LogP contribution >= 0.6 is 0 Å². The second-order valence-corrected chi connectivity index (χ2v) is 7.60. The van der Waals surface area contributed by atoms with Crippen molar-refractivity contribution in [2.75, 3.05) is 31.1 Å². The molecule has 1 saturated heterocycles. The molecule has 0 spiro atoms. The molecule has 4 rings (SSSR count). The van der Waals surface area contributed by atoms with Gasteiger partial charge in [-0.2, -0.15) is 0 Å². The number of aromatic hydroxyl groups is 1. The van der Waals surface area contributed by atoms with Crippen molar-refractivity contribution < 1.29 is 15.0 Å². The number of carbonyl (C=O) groups is 1. The van der Waals surface area contributed by atoms with Gasteiger partial charge in [-0.05, 0) is 48.4 Å². The molecule has 6 heteroatoms. The first kappa shape index (κ1) is 19.9. The summed E-state index contributed by atoms with van der Waals surface area (Å²) in [4.78, 5) is 19.8. The molecule has 6 nitrogen and oxygen atoms in total. The van der Waals surface area contributed by atoms with E-state index in [0.717, 1.165) is 43.0 Å². The second kappa shape index (κ2) is 8.55. The van der Waals surface area contributed by atoms with E-state index in [1.807, 2.05) is 12.1 Å². The number of nitrogens with zero attached hydrogens (tertiary/aromatic N) is 3. The van der Waals surface area contributed by atoms with Crippen LogP contribution in [-0.2, 0) is 0 Å². The highest BCUT2D eigenvalue weighted by Gasteiger charge is 2.22. The SMILES string of the molecule is CC(c1ccc(-c2cncc(O)c2)cc1)N1CCN(c2ccc(C(=O)O)cc2)CC1. The number of hydrogen-bond acceptors (Lipinski definition) is 5. The number of aromatic nitrogens is 1. The number of anilines is 1. The molecule has 2 aromatic carbocycles. The minimum Gasteiger partial charge on any atom is -0.506 e. The van der Waals surface area contributed by atoms with Gasteiger partial charge >= 0.3 is 5.97 Å². The Labute approximate surface area is 176 Å². The predicted octanol–water partition coefficient (Wildman–Crippen LogP) is 4.04. The largest absolute Gasteiger partial charge is 0.506 e. The number of carboxylic acids is 1. The lowest BCUT2D eigenvalue weighted by Crippen LogP contribution is -2.47. The Morgan fingerprint density at radius 2 is 1.60 bits per heavy atom. The highest BCUT2D eigenvalue weighted by atomic mass is 16.4. The third kappa shape index (κ3) is 4.28. The number of aromatic carboxylic acids is 1. The molecule has 1 aromatic heterocycles. The summed E-state index contributed by atoms with van der Waals surface area (Å²) in [6.45, 7) is 5.93. The average molecular weight is 403 g/mol. The van der Waals surface area contributed by atoms with Gasteiger partial charge in [0.1, 0.15) is 5.75 Å². The highest BCUT2D eigenvalue weighted by molar-refractivity contribution is 5.88. The van der Waals surface area contributed by atoms with E-state index >= 15 is 0 Å². The fraction of sp³-hybridized carbons (Fsp3) is 0.250. The average Bonchev–Trinajstić information content (AvgIpc) is 2.79. The van der Waals surface area contributed by atoms with Crippen LogP contribution in [0.2, 0.25) is 0 Å².